The lowest BCUT2D eigenvalue weighted by Crippen LogP contribution is -2.42. The molecule has 1 N–H and O–H groups in total. The van der Waals surface area contributed by atoms with Crippen molar-refractivity contribution in [3.8, 4) is 0 Å². The number of benzene rings is 1. The molecule has 6 heteroatoms. The van der Waals surface area contributed by atoms with E-state index in [0.717, 1.165) is 5.56 Å². The number of nitrogens with one attached hydrogen (secondary N) is 1. The smallest absolute Gasteiger partial charge is 0.245 e. The molecule has 19 heavy (non-hydrogen) atoms. The van der Waals surface area contributed by atoms with Crippen molar-refractivity contribution in [2.45, 2.75) is 25.4 Å². The topological polar surface area (TPSA) is 49.4 Å². The molecular weight excluding hydrogens is 287 g/mol. The number of halogens is 2. The second kappa shape index (κ2) is 5.80. The summed E-state index contributed by atoms with van der Waals surface area (Å²) in [6, 6.07) is 4.86. The van der Waals surface area contributed by atoms with E-state index in [9.17, 15) is 9.59 Å². The minimum atomic E-state index is -0.403. The van der Waals surface area contributed by atoms with Gasteiger partial charge in [-0.3, -0.25) is 9.59 Å². The van der Waals surface area contributed by atoms with Crippen LogP contribution in [0.3, 0.4) is 0 Å². The highest BCUT2D eigenvalue weighted by Gasteiger charge is 2.29. The maximum Gasteiger partial charge on any atom is 0.245 e. The summed E-state index contributed by atoms with van der Waals surface area (Å²) in [5, 5.41) is 3.62. The number of hydrogen-bond acceptors (Lipinski definition) is 2. The van der Waals surface area contributed by atoms with Crippen LogP contribution in [0.15, 0.2) is 18.2 Å². The van der Waals surface area contributed by atoms with E-state index in [1.807, 2.05) is 6.07 Å². The molecule has 1 aromatic carbocycles. The van der Waals surface area contributed by atoms with Gasteiger partial charge in [-0.05, 0) is 24.1 Å². The third-order valence-corrected chi connectivity index (χ3v) is 3.81. The number of rotatable bonds is 3. The summed E-state index contributed by atoms with van der Waals surface area (Å²) in [5.74, 6) is -0.154. The molecule has 0 radical (unpaired) electrons. The van der Waals surface area contributed by atoms with E-state index in [2.05, 4.69) is 5.32 Å². The van der Waals surface area contributed by atoms with Crippen LogP contribution in [-0.4, -0.2) is 29.8 Å². The fourth-order valence-electron chi connectivity index (χ4n) is 2.06. The van der Waals surface area contributed by atoms with Gasteiger partial charge >= 0.3 is 0 Å². The standard InChI is InChI=1S/C13H14Cl2N2O2/c1-17(13(19)11-4-5-12(18)16-11)7-8-2-3-9(14)10(15)6-8/h2-3,6,11H,4-5,7H2,1H3,(H,16,18). The van der Waals surface area contributed by atoms with Gasteiger partial charge in [-0.15, -0.1) is 0 Å². The van der Waals surface area contributed by atoms with Gasteiger partial charge in [0.15, 0.2) is 0 Å². The van der Waals surface area contributed by atoms with Crippen molar-refractivity contribution in [3.05, 3.63) is 33.8 Å². The van der Waals surface area contributed by atoms with Crippen molar-refractivity contribution in [2.24, 2.45) is 0 Å². The molecule has 0 spiro atoms. The van der Waals surface area contributed by atoms with Crippen LogP contribution in [-0.2, 0) is 16.1 Å². The summed E-state index contributed by atoms with van der Waals surface area (Å²) in [4.78, 5) is 24.8. The second-order valence-electron chi connectivity index (χ2n) is 4.60. The lowest BCUT2D eigenvalue weighted by molar-refractivity contribution is -0.133. The fourth-order valence-corrected chi connectivity index (χ4v) is 2.38. The molecule has 2 rings (SSSR count). The van der Waals surface area contributed by atoms with Crippen LogP contribution in [0.1, 0.15) is 18.4 Å². The first-order valence-corrected chi connectivity index (χ1v) is 6.71. The number of carbonyl (C=O) groups excluding carboxylic acids is 2. The normalized spacial score (nSPS) is 18.3. The van der Waals surface area contributed by atoms with Crippen molar-refractivity contribution in [1.82, 2.24) is 10.2 Å². The van der Waals surface area contributed by atoms with Gasteiger partial charge in [0, 0.05) is 20.0 Å². The molecule has 2 amide bonds. The predicted octanol–water partition coefficient (Wildman–Crippen LogP) is 2.23. The van der Waals surface area contributed by atoms with Crippen LogP contribution < -0.4 is 5.32 Å². The van der Waals surface area contributed by atoms with Gasteiger partial charge in [-0.2, -0.15) is 0 Å². The summed E-state index contributed by atoms with van der Waals surface area (Å²) in [6.07, 6.45) is 0.973. The highest BCUT2D eigenvalue weighted by atomic mass is 35.5. The molecule has 1 aromatic rings. The molecule has 4 nitrogen and oxygen atoms in total. The van der Waals surface area contributed by atoms with E-state index < -0.39 is 6.04 Å². The van der Waals surface area contributed by atoms with E-state index in [0.29, 0.717) is 29.4 Å². The Morgan fingerprint density at radius 2 is 2.16 bits per heavy atom. The zero-order valence-corrected chi connectivity index (χ0v) is 12.0. The minimum Gasteiger partial charge on any atom is -0.344 e. The summed E-state index contributed by atoms with van der Waals surface area (Å²) in [5.41, 5.74) is 0.898. The Balaban J connectivity index is 2.00. The van der Waals surface area contributed by atoms with E-state index in [1.165, 1.54) is 0 Å². The number of carbonyl (C=O) groups is 2. The molecule has 1 aliphatic rings. The number of likely N-dealkylation sites (N-methyl/N-ethyl adjacent to an activating group) is 1. The van der Waals surface area contributed by atoms with Crippen molar-refractivity contribution >= 4 is 35.0 Å². The molecule has 1 saturated heterocycles. The van der Waals surface area contributed by atoms with Crippen LogP contribution in [0.2, 0.25) is 10.0 Å². The first-order valence-electron chi connectivity index (χ1n) is 5.95. The Bertz CT molecular complexity index is 519. The summed E-state index contributed by atoms with van der Waals surface area (Å²) >= 11 is 11.8. The van der Waals surface area contributed by atoms with Gasteiger partial charge < -0.3 is 10.2 Å². The zero-order chi connectivity index (χ0) is 14.0. The largest absolute Gasteiger partial charge is 0.344 e. The lowest BCUT2D eigenvalue weighted by atomic mass is 10.1. The summed E-state index contributed by atoms with van der Waals surface area (Å²) in [6.45, 7) is 0.433. The van der Waals surface area contributed by atoms with Gasteiger partial charge in [0.05, 0.1) is 10.0 Å². The fraction of sp³-hybridized carbons (Fsp3) is 0.385. The highest BCUT2D eigenvalue weighted by Crippen LogP contribution is 2.23. The molecule has 1 fully saturated rings. The number of amides is 2. The second-order valence-corrected chi connectivity index (χ2v) is 5.42. The van der Waals surface area contributed by atoms with Gasteiger partial charge in [0.25, 0.3) is 0 Å². The molecule has 102 valence electrons. The third kappa shape index (κ3) is 3.39. The van der Waals surface area contributed by atoms with E-state index in [4.69, 9.17) is 23.2 Å². The molecule has 0 bridgehead atoms. The maximum atomic E-state index is 12.1. The molecule has 1 heterocycles. The SMILES string of the molecule is CN(Cc1ccc(Cl)c(Cl)c1)C(=O)C1CCC(=O)N1. The first-order chi connectivity index (χ1) is 8.97. The summed E-state index contributed by atoms with van der Waals surface area (Å²) in [7, 11) is 1.70. The Morgan fingerprint density at radius 3 is 2.74 bits per heavy atom. The molecule has 1 unspecified atom stereocenters. The Kier molecular flexibility index (Phi) is 4.32. The first kappa shape index (κ1) is 14.2. The van der Waals surface area contributed by atoms with Crippen LogP contribution in [0.4, 0.5) is 0 Å². The zero-order valence-electron chi connectivity index (χ0n) is 10.5. The minimum absolute atomic E-state index is 0.0683. The van der Waals surface area contributed by atoms with Crippen LogP contribution in [0.5, 0.6) is 0 Å². The average molecular weight is 301 g/mol. The third-order valence-electron chi connectivity index (χ3n) is 3.07. The number of hydrogen-bond donors (Lipinski definition) is 1. The van der Waals surface area contributed by atoms with Gasteiger partial charge in [0.2, 0.25) is 11.8 Å². The Hall–Kier alpha value is -1.26. The van der Waals surface area contributed by atoms with Crippen molar-refractivity contribution < 1.29 is 9.59 Å². The molecule has 0 aliphatic carbocycles. The quantitative estimate of drug-likeness (QED) is 0.930. The predicted molar refractivity (Wildman–Crippen MR) is 74.1 cm³/mol. The van der Waals surface area contributed by atoms with Crippen molar-refractivity contribution in [2.75, 3.05) is 7.05 Å². The average Bonchev–Trinajstić information content (AvgIpc) is 2.79. The van der Waals surface area contributed by atoms with E-state index in [-0.39, 0.29) is 11.8 Å². The van der Waals surface area contributed by atoms with Crippen molar-refractivity contribution in [3.63, 3.8) is 0 Å². The van der Waals surface area contributed by atoms with Crippen LogP contribution >= 0.6 is 23.2 Å². The van der Waals surface area contributed by atoms with Gasteiger partial charge in [0.1, 0.15) is 6.04 Å². The maximum absolute atomic E-state index is 12.1. The van der Waals surface area contributed by atoms with Gasteiger partial charge in [-0.1, -0.05) is 29.3 Å². The monoisotopic (exact) mass is 300 g/mol. The van der Waals surface area contributed by atoms with Crippen molar-refractivity contribution in [1.29, 1.82) is 0 Å². The Labute approximate surface area is 121 Å². The number of nitrogens with zero attached hydrogens (tertiary/aromatic N) is 1. The van der Waals surface area contributed by atoms with E-state index >= 15 is 0 Å². The summed E-state index contributed by atoms with van der Waals surface area (Å²) < 4.78 is 0. The molecule has 0 saturated carbocycles. The Morgan fingerprint density at radius 1 is 1.42 bits per heavy atom. The molecular formula is C13H14Cl2N2O2. The molecule has 1 aliphatic heterocycles. The lowest BCUT2D eigenvalue weighted by Gasteiger charge is -2.21. The molecule has 0 aromatic heterocycles. The van der Waals surface area contributed by atoms with Crippen LogP contribution in [0.25, 0.3) is 0 Å². The highest BCUT2D eigenvalue weighted by molar-refractivity contribution is 6.42. The van der Waals surface area contributed by atoms with Gasteiger partial charge in [-0.25, -0.2) is 0 Å². The van der Waals surface area contributed by atoms with Crippen LogP contribution in [0, 0.1) is 0 Å². The van der Waals surface area contributed by atoms with E-state index in [1.54, 1.807) is 24.1 Å². The molecule has 1 atom stereocenters.